The highest BCUT2D eigenvalue weighted by Crippen LogP contribution is 2.34. The third-order valence-corrected chi connectivity index (χ3v) is 5.43. The van der Waals surface area contributed by atoms with E-state index in [0.29, 0.717) is 17.4 Å². The van der Waals surface area contributed by atoms with E-state index in [0.717, 1.165) is 47.6 Å². The monoisotopic (exact) mass is 443 g/mol. The Labute approximate surface area is 189 Å². The third-order valence-electron chi connectivity index (χ3n) is 4.67. The summed E-state index contributed by atoms with van der Waals surface area (Å²) in [6, 6.07) is 20.9. The van der Waals surface area contributed by atoms with E-state index in [1.165, 1.54) is 11.3 Å². The SMILES string of the molecule is c1ccc(Oc2cccc(Oc3ncccc3-c3csc(NC4=NCCCN4)n3)c2)cc1. The van der Waals surface area contributed by atoms with Crippen LogP contribution in [0.5, 0.6) is 23.1 Å². The molecular formula is C24H21N5O2S. The summed E-state index contributed by atoms with van der Waals surface area (Å²) in [5.41, 5.74) is 1.60. The van der Waals surface area contributed by atoms with Gasteiger partial charge < -0.3 is 20.1 Å². The summed E-state index contributed by atoms with van der Waals surface area (Å²) in [7, 11) is 0. The molecule has 8 heteroatoms. The lowest BCUT2D eigenvalue weighted by molar-refractivity contribution is 0.450. The van der Waals surface area contributed by atoms with E-state index in [1.54, 1.807) is 6.20 Å². The van der Waals surface area contributed by atoms with Crippen LogP contribution in [0.15, 0.2) is 83.3 Å². The van der Waals surface area contributed by atoms with Crippen LogP contribution in [0.1, 0.15) is 6.42 Å². The van der Waals surface area contributed by atoms with E-state index < -0.39 is 0 Å². The van der Waals surface area contributed by atoms with Gasteiger partial charge in [-0.25, -0.2) is 9.97 Å². The highest BCUT2D eigenvalue weighted by atomic mass is 32.1. The molecule has 0 saturated carbocycles. The van der Waals surface area contributed by atoms with Crippen molar-refractivity contribution >= 4 is 22.4 Å². The number of benzene rings is 2. The molecule has 5 rings (SSSR count). The normalized spacial score (nSPS) is 13.1. The van der Waals surface area contributed by atoms with Crippen LogP contribution < -0.4 is 20.1 Å². The first-order valence-electron chi connectivity index (χ1n) is 10.3. The maximum Gasteiger partial charge on any atom is 0.228 e. The molecule has 2 aromatic carbocycles. The molecule has 0 fully saturated rings. The van der Waals surface area contributed by atoms with Crippen molar-refractivity contribution in [3.8, 4) is 34.4 Å². The fourth-order valence-electron chi connectivity index (χ4n) is 3.18. The molecule has 2 aromatic heterocycles. The second-order valence-corrected chi connectivity index (χ2v) is 7.88. The number of hydrogen-bond acceptors (Lipinski definition) is 8. The van der Waals surface area contributed by atoms with Gasteiger partial charge in [-0.15, -0.1) is 11.3 Å². The average molecular weight is 444 g/mol. The van der Waals surface area contributed by atoms with Gasteiger partial charge in [-0.2, -0.15) is 0 Å². The number of nitrogens with zero attached hydrogens (tertiary/aromatic N) is 3. The number of anilines is 1. The molecule has 160 valence electrons. The zero-order chi connectivity index (χ0) is 21.6. The Morgan fingerprint density at radius 2 is 1.75 bits per heavy atom. The number of hydrogen-bond donors (Lipinski definition) is 2. The van der Waals surface area contributed by atoms with Crippen molar-refractivity contribution < 1.29 is 9.47 Å². The van der Waals surface area contributed by atoms with Gasteiger partial charge in [0.15, 0.2) is 11.1 Å². The number of ether oxygens (including phenoxy) is 2. The predicted molar refractivity (Wildman–Crippen MR) is 127 cm³/mol. The van der Waals surface area contributed by atoms with Crippen LogP contribution in [0.4, 0.5) is 5.13 Å². The van der Waals surface area contributed by atoms with Crippen LogP contribution in [-0.2, 0) is 0 Å². The fourth-order valence-corrected chi connectivity index (χ4v) is 3.89. The van der Waals surface area contributed by atoms with Crippen LogP contribution in [0.3, 0.4) is 0 Å². The lowest BCUT2D eigenvalue weighted by atomic mass is 10.2. The fraction of sp³-hybridized carbons (Fsp3) is 0.125. The molecule has 0 spiro atoms. The molecule has 0 unspecified atom stereocenters. The van der Waals surface area contributed by atoms with Crippen molar-refractivity contribution in [2.75, 3.05) is 18.4 Å². The Morgan fingerprint density at radius 1 is 0.906 bits per heavy atom. The van der Waals surface area contributed by atoms with Crippen LogP contribution in [0.25, 0.3) is 11.3 Å². The topological polar surface area (TPSA) is 80.7 Å². The first-order valence-corrected chi connectivity index (χ1v) is 11.2. The number of thiazole rings is 1. The number of pyridine rings is 1. The van der Waals surface area contributed by atoms with E-state index in [1.807, 2.05) is 72.1 Å². The van der Waals surface area contributed by atoms with Crippen molar-refractivity contribution in [3.63, 3.8) is 0 Å². The molecule has 2 N–H and O–H groups in total. The number of aliphatic imine (C=N–C) groups is 1. The van der Waals surface area contributed by atoms with Crippen molar-refractivity contribution in [2.24, 2.45) is 4.99 Å². The van der Waals surface area contributed by atoms with Crippen LogP contribution in [0, 0.1) is 0 Å². The Morgan fingerprint density at radius 3 is 2.59 bits per heavy atom. The molecule has 0 aliphatic carbocycles. The lowest BCUT2D eigenvalue weighted by Gasteiger charge is -2.14. The van der Waals surface area contributed by atoms with Crippen LogP contribution in [-0.4, -0.2) is 29.0 Å². The number of para-hydroxylation sites is 1. The summed E-state index contributed by atoms with van der Waals surface area (Å²) in [5.74, 6) is 3.33. The van der Waals surface area contributed by atoms with E-state index in [2.05, 4.69) is 20.6 Å². The molecule has 32 heavy (non-hydrogen) atoms. The molecule has 0 saturated heterocycles. The summed E-state index contributed by atoms with van der Waals surface area (Å²) in [6.07, 6.45) is 2.75. The minimum absolute atomic E-state index is 0.481. The molecule has 0 bridgehead atoms. The van der Waals surface area contributed by atoms with Crippen LogP contribution in [0.2, 0.25) is 0 Å². The Kier molecular flexibility index (Phi) is 5.93. The first kappa shape index (κ1) is 20.0. The lowest BCUT2D eigenvalue weighted by Crippen LogP contribution is -2.35. The molecule has 1 aliphatic rings. The number of rotatable bonds is 6. The summed E-state index contributed by atoms with van der Waals surface area (Å²) in [4.78, 5) is 13.6. The second-order valence-electron chi connectivity index (χ2n) is 7.02. The highest BCUT2D eigenvalue weighted by molar-refractivity contribution is 7.14. The van der Waals surface area contributed by atoms with Gasteiger partial charge in [0.05, 0.1) is 11.3 Å². The summed E-state index contributed by atoms with van der Waals surface area (Å²) in [5, 5.41) is 9.22. The highest BCUT2D eigenvalue weighted by Gasteiger charge is 2.14. The zero-order valence-electron chi connectivity index (χ0n) is 17.2. The van der Waals surface area contributed by atoms with E-state index in [-0.39, 0.29) is 0 Å². The summed E-state index contributed by atoms with van der Waals surface area (Å²) in [6.45, 7) is 1.74. The van der Waals surface area contributed by atoms with E-state index >= 15 is 0 Å². The van der Waals surface area contributed by atoms with Gasteiger partial charge in [-0.05, 0) is 42.8 Å². The van der Waals surface area contributed by atoms with Crippen molar-refractivity contribution in [1.29, 1.82) is 0 Å². The Bertz CT molecular complexity index is 1230. The Balaban J connectivity index is 1.34. The second kappa shape index (κ2) is 9.49. The standard InChI is InChI=1S/C24H21N5O2S/c1-2-7-17(8-3-1)30-18-9-4-10-19(15-18)31-22-20(11-5-12-25-22)21-16-32-24(28-21)29-23-26-13-6-14-27-23/h1-5,7-12,15-16H,6,13-14H2,(H2,26,27,28,29). The number of guanidine groups is 1. The first-order chi connectivity index (χ1) is 15.8. The van der Waals surface area contributed by atoms with Gasteiger partial charge in [-0.1, -0.05) is 24.3 Å². The molecule has 4 aromatic rings. The quantitative estimate of drug-likeness (QED) is 0.407. The average Bonchev–Trinajstić information content (AvgIpc) is 3.29. The molecule has 1 aliphatic heterocycles. The minimum atomic E-state index is 0.481. The van der Waals surface area contributed by atoms with Gasteiger partial charge >= 0.3 is 0 Å². The smallest absolute Gasteiger partial charge is 0.228 e. The minimum Gasteiger partial charge on any atom is -0.457 e. The van der Waals surface area contributed by atoms with E-state index in [9.17, 15) is 0 Å². The molecule has 0 amide bonds. The summed E-state index contributed by atoms with van der Waals surface area (Å²) < 4.78 is 12.0. The zero-order valence-corrected chi connectivity index (χ0v) is 18.0. The van der Waals surface area contributed by atoms with E-state index in [4.69, 9.17) is 14.5 Å². The predicted octanol–water partition coefficient (Wildman–Crippen LogP) is 5.55. The van der Waals surface area contributed by atoms with Gasteiger partial charge in [0.25, 0.3) is 0 Å². The van der Waals surface area contributed by atoms with Gasteiger partial charge in [0.1, 0.15) is 17.2 Å². The van der Waals surface area contributed by atoms with Crippen LogP contribution >= 0.6 is 11.3 Å². The molecule has 3 heterocycles. The Hall–Kier alpha value is -3.91. The molecular weight excluding hydrogens is 422 g/mol. The van der Waals surface area contributed by atoms with Gasteiger partial charge in [-0.3, -0.25) is 4.99 Å². The van der Waals surface area contributed by atoms with Gasteiger partial charge in [0.2, 0.25) is 5.88 Å². The summed E-state index contributed by atoms with van der Waals surface area (Å²) >= 11 is 1.51. The molecule has 0 atom stereocenters. The van der Waals surface area contributed by atoms with Crippen molar-refractivity contribution in [1.82, 2.24) is 15.3 Å². The molecule has 7 nitrogen and oxygen atoms in total. The van der Waals surface area contributed by atoms with Gasteiger partial charge in [0, 0.05) is 30.7 Å². The third kappa shape index (κ3) is 4.87. The largest absolute Gasteiger partial charge is 0.457 e. The molecule has 0 radical (unpaired) electrons. The maximum absolute atomic E-state index is 6.12. The van der Waals surface area contributed by atoms with Crippen molar-refractivity contribution in [3.05, 3.63) is 78.3 Å². The van der Waals surface area contributed by atoms with Crippen molar-refractivity contribution in [2.45, 2.75) is 6.42 Å². The maximum atomic E-state index is 6.12. The number of nitrogens with one attached hydrogen (secondary N) is 2. The number of aromatic nitrogens is 2.